The number of benzene rings is 3. The quantitative estimate of drug-likeness (QED) is 0.623. The van der Waals surface area contributed by atoms with Crippen molar-refractivity contribution < 1.29 is 17.9 Å². The Kier molecular flexibility index (Phi) is 5.65. The van der Waals surface area contributed by atoms with Gasteiger partial charge in [0, 0.05) is 17.3 Å². The molecule has 0 bridgehead atoms. The van der Waals surface area contributed by atoms with Gasteiger partial charge in [-0.05, 0) is 66.6 Å². The van der Waals surface area contributed by atoms with E-state index in [0.29, 0.717) is 35.1 Å². The minimum absolute atomic E-state index is 0.174. The molecule has 0 radical (unpaired) electrons. The van der Waals surface area contributed by atoms with Crippen molar-refractivity contribution in [3.63, 3.8) is 0 Å². The van der Waals surface area contributed by atoms with E-state index in [9.17, 15) is 13.2 Å². The molecular formula is C22H19ClN2O4S. The highest BCUT2D eigenvalue weighted by Crippen LogP contribution is 2.32. The first-order chi connectivity index (χ1) is 14.4. The van der Waals surface area contributed by atoms with Crippen LogP contribution in [0.25, 0.3) is 0 Å². The van der Waals surface area contributed by atoms with Gasteiger partial charge in [0.2, 0.25) is 0 Å². The minimum atomic E-state index is -3.66. The Morgan fingerprint density at radius 1 is 1.00 bits per heavy atom. The molecule has 0 spiro atoms. The summed E-state index contributed by atoms with van der Waals surface area (Å²) in [6.07, 6.45) is 0.692. The maximum atomic E-state index is 13.0. The van der Waals surface area contributed by atoms with Gasteiger partial charge >= 0.3 is 0 Å². The molecule has 154 valence electrons. The molecule has 3 aromatic carbocycles. The van der Waals surface area contributed by atoms with Crippen molar-refractivity contribution in [2.45, 2.75) is 11.3 Å². The normalized spacial score (nSPS) is 13.0. The lowest BCUT2D eigenvalue weighted by atomic mass is 10.2. The van der Waals surface area contributed by atoms with Gasteiger partial charge in [-0.25, -0.2) is 8.42 Å². The summed E-state index contributed by atoms with van der Waals surface area (Å²) in [5, 5.41) is 3.27. The Morgan fingerprint density at radius 2 is 1.70 bits per heavy atom. The highest BCUT2D eigenvalue weighted by atomic mass is 35.5. The summed E-state index contributed by atoms with van der Waals surface area (Å²) < 4.78 is 32.9. The molecule has 30 heavy (non-hydrogen) atoms. The number of sulfonamides is 1. The van der Waals surface area contributed by atoms with Crippen LogP contribution in [0.1, 0.15) is 5.56 Å². The molecule has 0 aromatic heterocycles. The Hall–Kier alpha value is -3.03. The van der Waals surface area contributed by atoms with Gasteiger partial charge in [-0.2, -0.15) is 0 Å². The number of anilines is 2. The average Bonchev–Trinajstić information content (AvgIpc) is 3.19. The zero-order chi connectivity index (χ0) is 21.1. The van der Waals surface area contributed by atoms with Crippen molar-refractivity contribution in [1.82, 2.24) is 0 Å². The first-order valence-corrected chi connectivity index (χ1v) is 11.1. The fraction of sp³-hybridized carbons (Fsp3) is 0.136. The fourth-order valence-electron chi connectivity index (χ4n) is 3.27. The molecular weight excluding hydrogens is 424 g/mol. The zero-order valence-corrected chi connectivity index (χ0v) is 17.5. The van der Waals surface area contributed by atoms with Crippen LogP contribution in [0.3, 0.4) is 0 Å². The van der Waals surface area contributed by atoms with Crippen LogP contribution in [0.2, 0.25) is 5.02 Å². The zero-order valence-electron chi connectivity index (χ0n) is 15.9. The van der Waals surface area contributed by atoms with E-state index in [-0.39, 0.29) is 17.4 Å². The van der Waals surface area contributed by atoms with Crippen LogP contribution in [0, 0.1) is 0 Å². The number of halogens is 1. The monoisotopic (exact) mass is 442 g/mol. The Labute approximate surface area is 180 Å². The van der Waals surface area contributed by atoms with E-state index in [4.69, 9.17) is 16.3 Å². The van der Waals surface area contributed by atoms with Gasteiger partial charge in [0.25, 0.3) is 15.9 Å². The van der Waals surface area contributed by atoms with Crippen LogP contribution in [-0.4, -0.2) is 27.5 Å². The number of carbonyl (C=O) groups is 1. The van der Waals surface area contributed by atoms with Crippen LogP contribution in [0.5, 0.6) is 5.75 Å². The van der Waals surface area contributed by atoms with Crippen molar-refractivity contribution in [1.29, 1.82) is 0 Å². The molecule has 1 heterocycles. The first-order valence-electron chi connectivity index (χ1n) is 9.32. The van der Waals surface area contributed by atoms with E-state index in [0.717, 1.165) is 5.56 Å². The molecule has 1 aliphatic rings. The van der Waals surface area contributed by atoms with E-state index in [2.05, 4.69) is 5.32 Å². The number of rotatable bonds is 6. The molecule has 8 heteroatoms. The molecule has 0 atom stereocenters. The van der Waals surface area contributed by atoms with Crippen molar-refractivity contribution in [3.05, 3.63) is 83.4 Å². The Bertz CT molecular complexity index is 1160. The van der Waals surface area contributed by atoms with Gasteiger partial charge in [0.1, 0.15) is 5.75 Å². The summed E-state index contributed by atoms with van der Waals surface area (Å²) in [7, 11) is -3.66. The number of carbonyl (C=O) groups excluding carboxylic acids is 1. The second-order valence-corrected chi connectivity index (χ2v) is 9.07. The second-order valence-electron chi connectivity index (χ2n) is 6.77. The van der Waals surface area contributed by atoms with Gasteiger partial charge in [-0.15, -0.1) is 0 Å². The van der Waals surface area contributed by atoms with Crippen LogP contribution >= 0.6 is 11.6 Å². The molecule has 0 unspecified atom stereocenters. The molecule has 3 aromatic rings. The summed E-state index contributed by atoms with van der Waals surface area (Å²) in [6, 6.07) is 20.3. The number of nitrogens with zero attached hydrogens (tertiary/aromatic N) is 1. The number of ether oxygens (including phenoxy) is 1. The Balaban J connectivity index is 1.40. The highest BCUT2D eigenvalue weighted by Gasteiger charge is 2.30. The molecule has 0 aliphatic carbocycles. The third-order valence-electron chi connectivity index (χ3n) is 4.75. The summed E-state index contributed by atoms with van der Waals surface area (Å²) in [6.45, 7) is 0.244. The summed E-state index contributed by atoms with van der Waals surface area (Å²) in [4.78, 5) is 12.3. The lowest BCUT2D eigenvalue weighted by molar-refractivity contribution is -0.118. The van der Waals surface area contributed by atoms with E-state index in [1.54, 1.807) is 36.4 Å². The minimum Gasteiger partial charge on any atom is -0.484 e. The molecule has 1 aliphatic heterocycles. The van der Waals surface area contributed by atoms with E-state index < -0.39 is 10.0 Å². The molecule has 4 rings (SSSR count). The number of amides is 1. The van der Waals surface area contributed by atoms with Crippen LogP contribution in [0.15, 0.2) is 77.7 Å². The van der Waals surface area contributed by atoms with Crippen molar-refractivity contribution >= 4 is 38.9 Å². The average molecular weight is 443 g/mol. The maximum absolute atomic E-state index is 13.0. The van der Waals surface area contributed by atoms with Gasteiger partial charge in [-0.3, -0.25) is 9.10 Å². The summed E-state index contributed by atoms with van der Waals surface area (Å²) >= 11 is 5.81. The van der Waals surface area contributed by atoms with Crippen LogP contribution in [-0.2, 0) is 21.2 Å². The summed E-state index contributed by atoms with van der Waals surface area (Å²) in [5.74, 6) is 0.177. The predicted molar refractivity (Wildman–Crippen MR) is 117 cm³/mol. The SMILES string of the molecule is O=C(COc1ccc(Cl)cc1)Nc1ccc(S(=O)(=O)N2CCc3ccccc32)cc1. The molecule has 0 saturated carbocycles. The van der Waals surface area contributed by atoms with Crippen LogP contribution < -0.4 is 14.4 Å². The topological polar surface area (TPSA) is 75.7 Å². The van der Waals surface area contributed by atoms with E-state index >= 15 is 0 Å². The number of para-hydroxylation sites is 1. The van der Waals surface area contributed by atoms with Gasteiger partial charge < -0.3 is 10.1 Å². The number of hydrogen-bond donors (Lipinski definition) is 1. The molecule has 6 nitrogen and oxygen atoms in total. The number of fused-ring (bicyclic) bond motifs is 1. The second kappa shape index (κ2) is 8.38. The van der Waals surface area contributed by atoms with Crippen molar-refractivity contribution in [2.24, 2.45) is 0 Å². The van der Waals surface area contributed by atoms with Crippen LogP contribution in [0.4, 0.5) is 11.4 Å². The third kappa shape index (κ3) is 4.27. The first kappa shape index (κ1) is 20.3. The fourth-order valence-corrected chi connectivity index (χ4v) is 4.90. The van der Waals surface area contributed by atoms with E-state index in [1.807, 2.05) is 24.3 Å². The summed E-state index contributed by atoms with van der Waals surface area (Å²) in [5.41, 5.74) is 2.22. The predicted octanol–water partition coefficient (Wildman–Crippen LogP) is 4.11. The molecule has 1 amide bonds. The van der Waals surface area contributed by atoms with Gasteiger partial charge in [0.15, 0.2) is 6.61 Å². The van der Waals surface area contributed by atoms with E-state index in [1.165, 1.54) is 16.4 Å². The number of hydrogen-bond acceptors (Lipinski definition) is 4. The standard InChI is InChI=1S/C22H19ClN2O4S/c23-17-5-9-19(10-6-17)29-15-22(26)24-18-7-11-20(12-8-18)30(27,28)25-14-13-16-3-1-2-4-21(16)25/h1-12H,13-15H2,(H,24,26). The maximum Gasteiger partial charge on any atom is 0.264 e. The highest BCUT2D eigenvalue weighted by molar-refractivity contribution is 7.92. The molecule has 0 fully saturated rings. The van der Waals surface area contributed by atoms with Crippen molar-refractivity contribution in [3.8, 4) is 5.75 Å². The Morgan fingerprint density at radius 3 is 2.43 bits per heavy atom. The largest absolute Gasteiger partial charge is 0.484 e. The molecule has 1 N–H and O–H groups in total. The van der Waals surface area contributed by atoms with Gasteiger partial charge in [-0.1, -0.05) is 29.8 Å². The lowest BCUT2D eigenvalue weighted by Crippen LogP contribution is -2.29. The number of nitrogens with one attached hydrogen (secondary N) is 1. The lowest BCUT2D eigenvalue weighted by Gasteiger charge is -2.19. The van der Waals surface area contributed by atoms with Gasteiger partial charge in [0.05, 0.1) is 10.6 Å². The van der Waals surface area contributed by atoms with Crippen molar-refractivity contribution in [2.75, 3.05) is 22.8 Å². The third-order valence-corrected chi connectivity index (χ3v) is 6.83. The molecule has 0 saturated heterocycles. The smallest absolute Gasteiger partial charge is 0.264 e.